The molecular weight excluding hydrogens is 448 g/mol. The molecule has 1 heterocycles. The molecule has 2 aromatic rings. The predicted molar refractivity (Wildman–Crippen MR) is 98.3 cm³/mol. The van der Waals surface area contributed by atoms with Crippen LogP contribution in [0.4, 0.5) is 0 Å². The maximum atomic E-state index is 11.2. The average Bonchev–Trinajstić information content (AvgIpc) is 2.61. The lowest BCUT2D eigenvalue weighted by Gasteiger charge is -2.33. The molecule has 0 amide bonds. The molecule has 0 aliphatic carbocycles. The first-order valence-corrected chi connectivity index (χ1v) is 10.6. The molecule has 3 rings (SSSR count). The molecule has 0 radical (unpaired) electrons. The van der Waals surface area contributed by atoms with Crippen LogP contribution in [0.1, 0.15) is 17.2 Å². The zero-order valence-corrected chi connectivity index (χ0v) is 16.3. The lowest BCUT2D eigenvalue weighted by Crippen LogP contribution is -2.37. The molecule has 0 fully saturated rings. The summed E-state index contributed by atoms with van der Waals surface area (Å²) < 4.78 is 80.8. The zero-order chi connectivity index (χ0) is 22.1. The van der Waals surface area contributed by atoms with Gasteiger partial charge in [-0.2, -0.15) is 16.8 Å². The minimum atomic E-state index is -4.97. The van der Waals surface area contributed by atoms with Crippen LogP contribution in [-0.2, 0) is 29.2 Å². The van der Waals surface area contributed by atoms with Crippen LogP contribution in [0.5, 0.6) is 23.0 Å². The normalized spacial score (nSPS) is 19.0. The van der Waals surface area contributed by atoms with Crippen LogP contribution in [0, 0.1) is 0 Å². The molecule has 14 heteroatoms. The number of phenols is 2. The van der Waals surface area contributed by atoms with Crippen molar-refractivity contribution < 1.29 is 54.0 Å². The molecule has 2 atom stereocenters. The summed E-state index contributed by atoms with van der Waals surface area (Å²) in [7, 11) is -9.65. The second-order valence-electron chi connectivity index (χ2n) is 5.83. The molecule has 0 spiro atoms. The Morgan fingerprint density at radius 3 is 2.23 bits per heavy atom. The van der Waals surface area contributed by atoms with E-state index in [0.29, 0.717) is 11.8 Å². The van der Waals surface area contributed by atoms with Gasteiger partial charge in [0.2, 0.25) is 0 Å². The van der Waals surface area contributed by atoms with Gasteiger partial charge < -0.3 is 23.9 Å². The van der Waals surface area contributed by atoms with E-state index in [2.05, 4.69) is 8.37 Å². The van der Waals surface area contributed by atoms with Gasteiger partial charge in [0.05, 0.1) is 0 Å². The average molecular weight is 462 g/mol. The maximum Gasteiger partial charge on any atom is 0.445 e. The van der Waals surface area contributed by atoms with Crippen LogP contribution in [0.25, 0.3) is 6.08 Å². The van der Waals surface area contributed by atoms with Crippen molar-refractivity contribution in [1.29, 1.82) is 0 Å². The van der Waals surface area contributed by atoms with E-state index in [9.17, 15) is 27.0 Å². The van der Waals surface area contributed by atoms with Gasteiger partial charge in [0, 0.05) is 5.56 Å². The Morgan fingerprint density at radius 2 is 1.60 bits per heavy atom. The Kier molecular flexibility index (Phi) is 5.78. The number of benzene rings is 2. The van der Waals surface area contributed by atoms with E-state index in [1.165, 1.54) is 24.3 Å². The second-order valence-corrected chi connectivity index (χ2v) is 7.93. The molecule has 0 saturated carbocycles. The van der Waals surface area contributed by atoms with Crippen molar-refractivity contribution in [3.8, 4) is 23.0 Å². The Hall–Kier alpha value is -3.04. The summed E-state index contributed by atoms with van der Waals surface area (Å²) in [5.74, 6) is -0.842. The molecule has 30 heavy (non-hydrogen) atoms. The molecule has 1 aliphatic rings. The van der Waals surface area contributed by atoms with Gasteiger partial charge in [0.1, 0.15) is 6.26 Å². The number of ether oxygens (including phenoxy) is 2. The minimum absolute atomic E-state index is 0.0306. The molecule has 1 aliphatic heterocycles. The summed E-state index contributed by atoms with van der Waals surface area (Å²) in [6.07, 6.45) is -1.14. The van der Waals surface area contributed by atoms with E-state index in [0.717, 1.165) is 18.2 Å². The predicted octanol–water partition coefficient (Wildman–Crippen LogP) is 1.55. The summed E-state index contributed by atoms with van der Waals surface area (Å²) in [4.78, 5) is 0. The number of fused-ring (bicyclic) bond motifs is 1. The summed E-state index contributed by atoms with van der Waals surface area (Å²) in [5.41, 5.74) is 0.474. The highest BCUT2D eigenvalue weighted by atomic mass is 32.3. The van der Waals surface area contributed by atoms with Crippen LogP contribution < -0.4 is 9.47 Å². The van der Waals surface area contributed by atoms with Crippen molar-refractivity contribution in [2.45, 2.75) is 12.4 Å². The quantitative estimate of drug-likeness (QED) is 0.276. The maximum absolute atomic E-state index is 11.2. The Balaban J connectivity index is 1.94. The monoisotopic (exact) mass is 462 g/mol. The summed E-state index contributed by atoms with van der Waals surface area (Å²) >= 11 is 0. The van der Waals surface area contributed by atoms with E-state index in [4.69, 9.17) is 18.6 Å². The van der Waals surface area contributed by atoms with Crippen molar-refractivity contribution in [2.75, 3.05) is 0 Å². The molecule has 162 valence electrons. The molecule has 2 aromatic carbocycles. The Labute approximate surface area is 170 Å². The summed E-state index contributed by atoms with van der Waals surface area (Å²) in [6.45, 7) is 0. The van der Waals surface area contributed by atoms with Gasteiger partial charge in [-0.25, -0.2) is 4.18 Å². The second kappa shape index (κ2) is 8.00. The minimum Gasteiger partial charge on any atom is -0.504 e. The third-order valence-electron chi connectivity index (χ3n) is 3.69. The van der Waals surface area contributed by atoms with Gasteiger partial charge in [0.15, 0.2) is 29.1 Å². The molecule has 4 N–H and O–H groups in total. The smallest absolute Gasteiger partial charge is 0.445 e. The van der Waals surface area contributed by atoms with Gasteiger partial charge in [-0.3, -0.25) is 9.11 Å². The Morgan fingerprint density at radius 1 is 0.867 bits per heavy atom. The van der Waals surface area contributed by atoms with Gasteiger partial charge in [-0.1, -0.05) is 12.1 Å². The molecule has 12 nitrogen and oxygen atoms in total. The van der Waals surface area contributed by atoms with Crippen LogP contribution >= 0.6 is 0 Å². The number of hydrogen-bond acceptors (Lipinski definition) is 10. The Bertz CT molecular complexity index is 1190. The third-order valence-corrected chi connectivity index (χ3v) is 4.48. The highest BCUT2D eigenvalue weighted by Crippen LogP contribution is 2.42. The van der Waals surface area contributed by atoms with Crippen LogP contribution in [0.2, 0.25) is 0 Å². The van der Waals surface area contributed by atoms with Gasteiger partial charge >= 0.3 is 20.8 Å². The fraction of sp³-hybridized carbons (Fsp3) is 0.125. The number of hydrogen-bond donors (Lipinski definition) is 4. The lowest BCUT2D eigenvalue weighted by atomic mass is 10.1. The van der Waals surface area contributed by atoms with Gasteiger partial charge in [-0.05, 0) is 35.9 Å². The van der Waals surface area contributed by atoms with Crippen LogP contribution in [0.3, 0.4) is 0 Å². The van der Waals surface area contributed by atoms with Crippen molar-refractivity contribution in [1.82, 2.24) is 0 Å². The first kappa shape index (κ1) is 21.7. The number of phenolic OH excluding ortho intramolecular Hbond substituents is 2. The first-order chi connectivity index (χ1) is 13.9. The lowest BCUT2D eigenvalue weighted by molar-refractivity contribution is -0.0990. The highest BCUT2D eigenvalue weighted by molar-refractivity contribution is 7.81. The van der Waals surface area contributed by atoms with Crippen molar-refractivity contribution in [3.63, 3.8) is 0 Å². The largest absolute Gasteiger partial charge is 0.504 e. The zero-order valence-electron chi connectivity index (χ0n) is 14.6. The van der Waals surface area contributed by atoms with Gasteiger partial charge in [0.25, 0.3) is 6.29 Å². The fourth-order valence-corrected chi connectivity index (χ4v) is 3.08. The van der Waals surface area contributed by atoms with Crippen molar-refractivity contribution in [3.05, 3.63) is 53.8 Å². The molecule has 0 aromatic heterocycles. The SMILES string of the molecule is O=S(=O)(O)O/C=C/c1ccc2c(c1)OC(OS(=O)(=O)O)C(c1ccc(O)c(O)c1)O2. The third kappa shape index (κ3) is 5.52. The van der Waals surface area contributed by atoms with Gasteiger partial charge in [-0.15, -0.1) is 0 Å². The molecule has 0 bridgehead atoms. The topological polar surface area (TPSA) is 186 Å². The van der Waals surface area contributed by atoms with E-state index < -0.39 is 44.7 Å². The van der Waals surface area contributed by atoms with E-state index in [-0.39, 0.29) is 17.1 Å². The standard InChI is InChI=1S/C16H14O12S2/c17-11-3-2-10(8-12(11)18)15-16(28-30(22,23)24)27-14-7-9(1-4-13(14)26-15)5-6-25-29(19,20)21/h1-8,15-18H,(H,19,20,21)(H,22,23,24)/b6-5+. The summed E-state index contributed by atoms with van der Waals surface area (Å²) in [6, 6.07) is 7.72. The number of rotatable bonds is 6. The van der Waals surface area contributed by atoms with Crippen molar-refractivity contribution >= 4 is 26.9 Å². The summed E-state index contributed by atoms with van der Waals surface area (Å²) in [5, 5.41) is 19.1. The highest BCUT2D eigenvalue weighted by Gasteiger charge is 2.37. The first-order valence-electron chi connectivity index (χ1n) is 7.88. The molecule has 0 saturated heterocycles. The molecule has 2 unspecified atom stereocenters. The van der Waals surface area contributed by atoms with Crippen LogP contribution in [0.15, 0.2) is 42.7 Å². The fourth-order valence-electron chi connectivity index (χ4n) is 2.51. The molecular formula is C16H14O12S2. The van der Waals surface area contributed by atoms with Crippen molar-refractivity contribution in [2.24, 2.45) is 0 Å². The van der Waals surface area contributed by atoms with E-state index in [1.807, 2.05) is 0 Å². The van der Waals surface area contributed by atoms with Crippen LogP contribution in [-0.4, -0.2) is 42.4 Å². The van der Waals surface area contributed by atoms with E-state index in [1.54, 1.807) is 0 Å². The van der Waals surface area contributed by atoms with E-state index >= 15 is 0 Å². The number of aromatic hydroxyl groups is 2.